The lowest BCUT2D eigenvalue weighted by Crippen LogP contribution is -2.10. The zero-order chi connectivity index (χ0) is 18.4. The Morgan fingerprint density at radius 1 is 1.08 bits per heavy atom. The van der Waals surface area contributed by atoms with Crippen molar-refractivity contribution in [3.63, 3.8) is 0 Å². The van der Waals surface area contributed by atoms with Gasteiger partial charge in [-0.3, -0.25) is 4.79 Å². The second-order valence-corrected chi connectivity index (χ2v) is 6.37. The van der Waals surface area contributed by atoms with Crippen LogP contribution in [0.4, 0.5) is 4.39 Å². The summed E-state index contributed by atoms with van der Waals surface area (Å²) >= 11 is 0. The predicted molar refractivity (Wildman–Crippen MR) is 97.3 cm³/mol. The highest BCUT2D eigenvalue weighted by atomic mass is 19.1. The second kappa shape index (κ2) is 5.91. The summed E-state index contributed by atoms with van der Waals surface area (Å²) < 4.78 is 20.6. The van der Waals surface area contributed by atoms with Gasteiger partial charge >= 0.3 is 0 Å². The molecule has 0 bridgehead atoms. The topological polar surface area (TPSA) is 60.9 Å². The number of nitrogens with zero attached hydrogens (tertiary/aromatic N) is 3. The SMILES string of the molecule is Cc1ccc(-c2noc(-c3cn(C)c4ccc(F)cc4c3=O)n2)cc1C. The normalized spacial score (nSPS) is 11.2. The van der Waals surface area contributed by atoms with Gasteiger partial charge in [-0.15, -0.1) is 0 Å². The summed E-state index contributed by atoms with van der Waals surface area (Å²) in [6.45, 7) is 4.03. The molecule has 0 spiro atoms. The van der Waals surface area contributed by atoms with Crippen LogP contribution in [-0.2, 0) is 7.05 Å². The molecule has 4 aromatic rings. The number of pyridine rings is 1. The molecule has 5 nitrogen and oxygen atoms in total. The van der Waals surface area contributed by atoms with E-state index in [4.69, 9.17) is 4.52 Å². The molecule has 0 saturated heterocycles. The standard InChI is InChI=1S/C20H16FN3O2/c1-11-4-5-13(8-12(11)2)19-22-20(26-23-19)16-10-24(3)17-7-6-14(21)9-15(17)18(16)25/h4-10H,1-3H3. The lowest BCUT2D eigenvalue weighted by Gasteiger charge is -2.06. The average molecular weight is 349 g/mol. The summed E-state index contributed by atoms with van der Waals surface area (Å²) in [6, 6.07) is 9.99. The van der Waals surface area contributed by atoms with Crippen molar-refractivity contribution in [2.45, 2.75) is 13.8 Å². The molecule has 0 atom stereocenters. The minimum absolute atomic E-state index is 0.116. The molecule has 0 aliphatic carbocycles. The number of benzene rings is 2. The number of aromatic nitrogens is 3. The summed E-state index contributed by atoms with van der Waals surface area (Å²) in [5.74, 6) is 0.0579. The van der Waals surface area contributed by atoms with Crippen molar-refractivity contribution in [3.05, 3.63) is 69.8 Å². The molecule has 0 unspecified atom stereocenters. The Labute approximate surface area is 148 Å². The zero-order valence-corrected chi connectivity index (χ0v) is 14.6. The first-order valence-corrected chi connectivity index (χ1v) is 8.14. The third kappa shape index (κ3) is 2.60. The first-order chi connectivity index (χ1) is 12.4. The van der Waals surface area contributed by atoms with Gasteiger partial charge in [-0.25, -0.2) is 4.39 Å². The largest absolute Gasteiger partial charge is 0.350 e. The average Bonchev–Trinajstić information content (AvgIpc) is 3.10. The fourth-order valence-electron chi connectivity index (χ4n) is 2.95. The number of hydrogen-bond donors (Lipinski definition) is 0. The molecule has 6 heteroatoms. The molecule has 130 valence electrons. The number of hydrogen-bond acceptors (Lipinski definition) is 4. The molecule has 0 aliphatic heterocycles. The van der Waals surface area contributed by atoms with Gasteiger partial charge in [0.1, 0.15) is 11.4 Å². The molecule has 0 radical (unpaired) electrons. The Bertz CT molecular complexity index is 1210. The van der Waals surface area contributed by atoms with Gasteiger partial charge < -0.3 is 9.09 Å². The van der Waals surface area contributed by atoms with E-state index >= 15 is 0 Å². The molecule has 0 aliphatic rings. The highest BCUT2D eigenvalue weighted by Gasteiger charge is 2.17. The lowest BCUT2D eigenvalue weighted by molar-refractivity contribution is 0.432. The van der Waals surface area contributed by atoms with Crippen LogP contribution in [0.3, 0.4) is 0 Å². The van der Waals surface area contributed by atoms with Crippen LogP contribution >= 0.6 is 0 Å². The Balaban J connectivity index is 1.86. The summed E-state index contributed by atoms with van der Waals surface area (Å²) in [5, 5.41) is 4.27. The maximum absolute atomic E-state index is 13.6. The quantitative estimate of drug-likeness (QED) is 0.548. The Kier molecular flexibility index (Phi) is 3.68. The number of aryl methyl sites for hydroxylation is 3. The van der Waals surface area contributed by atoms with E-state index in [9.17, 15) is 9.18 Å². The van der Waals surface area contributed by atoms with E-state index in [0.717, 1.165) is 11.1 Å². The van der Waals surface area contributed by atoms with Crippen LogP contribution < -0.4 is 5.43 Å². The molecule has 2 heterocycles. The van der Waals surface area contributed by atoms with E-state index in [1.165, 1.54) is 17.7 Å². The maximum atomic E-state index is 13.6. The van der Waals surface area contributed by atoms with Gasteiger partial charge in [0.2, 0.25) is 11.3 Å². The smallest absolute Gasteiger partial charge is 0.263 e. The minimum Gasteiger partial charge on any atom is -0.350 e. The van der Waals surface area contributed by atoms with Crippen LogP contribution in [0.2, 0.25) is 0 Å². The second-order valence-electron chi connectivity index (χ2n) is 6.37. The van der Waals surface area contributed by atoms with Crippen molar-refractivity contribution in [1.82, 2.24) is 14.7 Å². The van der Waals surface area contributed by atoms with Gasteiger partial charge in [-0.1, -0.05) is 17.3 Å². The summed E-state index contributed by atoms with van der Waals surface area (Å²) in [6.07, 6.45) is 1.63. The highest BCUT2D eigenvalue weighted by Crippen LogP contribution is 2.24. The van der Waals surface area contributed by atoms with Gasteiger partial charge in [0.25, 0.3) is 5.89 Å². The number of fused-ring (bicyclic) bond motifs is 1. The summed E-state index contributed by atoms with van der Waals surface area (Å²) in [5.41, 5.74) is 3.63. The first kappa shape index (κ1) is 16.2. The zero-order valence-electron chi connectivity index (χ0n) is 14.6. The predicted octanol–water partition coefficient (Wildman–Crippen LogP) is 4.01. The van der Waals surface area contributed by atoms with E-state index in [-0.39, 0.29) is 22.3 Å². The fraction of sp³-hybridized carbons (Fsp3) is 0.150. The van der Waals surface area contributed by atoms with E-state index in [1.54, 1.807) is 23.9 Å². The molecule has 0 N–H and O–H groups in total. The van der Waals surface area contributed by atoms with Crippen LogP contribution in [0.25, 0.3) is 33.7 Å². The van der Waals surface area contributed by atoms with Crippen molar-refractivity contribution in [3.8, 4) is 22.8 Å². The molecule has 2 aromatic carbocycles. The van der Waals surface area contributed by atoms with Crippen molar-refractivity contribution in [1.29, 1.82) is 0 Å². The molecule has 26 heavy (non-hydrogen) atoms. The summed E-state index contributed by atoms with van der Waals surface area (Å²) in [7, 11) is 1.78. The van der Waals surface area contributed by atoms with Gasteiger partial charge in [0.05, 0.1) is 5.52 Å². The van der Waals surface area contributed by atoms with Gasteiger partial charge in [-0.05, 0) is 49.2 Å². The number of rotatable bonds is 2. The Hall–Kier alpha value is -3.28. The molecular weight excluding hydrogens is 333 g/mol. The van der Waals surface area contributed by atoms with Crippen LogP contribution in [0.5, 0.6) is 0 Å². The third-order valence-electron chi connectivity index (χ3n) is 4.57. The van der Waals surface area contributed by atoms with Gasteiger partial charge in [0.15, 0.2) is 0 Å². The Morgan fingerprint density at radius 3 is 2.65 bits per heavy atom. The number of halogens is 1. The van der Waals surface area contributed by atoms with Crippen LogP contribution in [0.15, 0.2) is 51.9 Å². The molecule has 0 amide bonds. The highest BCUT2D eigenvalue weighted by molar-refractivity contribution is 5.82. The monoisotopic (exact) mass is 349 g/mol. The molecule has 0 saturated carbocycles. The Morgan fingerprint density at radius 2 is 1.88 bits per heavy atom. The van der Waals surface area contributed by atoms with Gasteiger partial charge in [-0.2, -0.15) is 4.98 Å². The van der Waals surface area contributed by atoms with Crippen molar-refractivity contribution < 1.29 is 8.91 Å². The fourth-order valence-corrected chi connectivity index (χ4v) is 2.95. The third-order valence-corrected chi connectivity index (χ3v) is 4.57. The minimum atomic E-state index is -0.465. The van der Waals surface area contributed by atoms with Gasteiger partial charge in [0, 0.05) is 24.2 Å². The molecule has 0 fully saturated rings. The maximum Gasteiger partial charge on any atom is 0.263 e. The van der Waals surface area contributed by atoms with Crippen LogP contribution in [0.1, 0.15) is 11.1 Å². The first-order valence-electron chi connectivity index (χ1n) is 8.14. The van der Waals surface area contributed by atoms with Crippen LogP contribution in [0, 0.1) is 19.7 Å². The van der Waals surface area contributed by atoms with Crippen molar-refractivity contribution in [2.75, 3.05) is 0 Å². The van der Waals surface area contributed by atoms with E-state index in [2.05, 4.69) is 10.1 Å². The van der Waals surface area contributed by atoms with E-state index < -0.39 is 5.82 Å². The lowest BCUT2D eigenvalue weighted by atomic mass is 10.1. The molecule has 4 rings (SSSR count). The summed E-state index contributed by atoms with van der Waals surface area (Å²) in [4.78, 5) is 17.1. The van der Waals surface area contributed by atoms with Crippen molar-refractivity contribution >= 4 is 10.9 Å². The molecule has 2 aromatic heterocycles. The van der Waals surface area contributed by atoms with Crippen molar-refractivity contribution in [2.24, 2.45) is 7.05 Å². The van der Waals surface area contributed by atoms with E-state index in [1.807, 2.05) is 32.0 Å². The van der Waals surface area contributed by atoms with E-state index in [0.29, 0.717) is 11.3 Å². The molecular formula is C20H16FN3O2. The van der Waals surface area contributed by atoms with Crippen LogP contribution in [-0.4, -0.2) is 14.7 Å².